The molecule has 0 unspecified atom stereocenters. The molecule has 0 amide bonds. The van der Waals surface area contributed by atoms with Crippen molar-refractivity contribution in [2.24, 2.45) is 0 Å². The number of halogens is 1. The monoisotopic (exact) mass is 201 g/mol. The zero-order valence-corrected chi connectivity index (χ0v) is 7.23. The molecule has 0 atom stereocenters. The van der Waals surface area contributed by atoms with Gasteiger partial charge in [-0.2, -0.15) is 0 Å². The molecule has 1 heterocycles. The zero-order valence-electron chi connectivity index (χ0n) is 5.65. The molecule has 1 aromatic heterocycles. The summed E-state index contributed by atoms with van der Waals surface area (Å²) in [4.78, 5) is 13.9. The Morgan fingerprint density at radius 3 is 2.80 bits per heavy atom. The molecule has 0 spiro atoms. The van der Waals surface area contributed by atoms with Crippen molar-refractivity contribution in [2.75, 3.05) is 5.33 Å². The zero-order chi connectivity index (χ0) is 7.56. The van der Waals surface area contributed by atoms with E-state index in [0.29, 0.717) is 11.0 Å². The predicted molar refractivity (Wildman–Crippen MR) is 43.7 cm³/mol. The summed E-state index contributed by atoms with van der Waals surface area (Å²) >= 11 is 3.09. The van der Waals surface area contributed by atoms with Gasteiger partial charge in [-0.25, -0.2) is 0 Å². The third-order valence-electron chi connectivity index (χ3n) is 1.25. The maximum Gasteiger partial charge on any atom is 0.189 e. The van der Waals surface area contributed by atoms with Crippen molar-refractivity contribution in [3.63, 3.8) is 0 Å². The van der Waals surface area contributed by atoms with Crippen molar-refractivity contribution in [1.29, 1.82) is 0 Å². The molecular formula is C7H8BrNO. The molecular weight excluding hydrogens is 194 g/mol. The number of nitrogens with one attached hydrogen (secondary N) is 1. The van der Waals surface area contributed by atoms with Crippen LogP contribution in [0.25, 0.3) is 0 Å². The second kappa shape index (κ2) is 3.01. The molecule has 1 aromatic rings. The van der Waals surface area contributed by atoms with E-state index in [0.717, 1.165) is 5.69 Å². The Morgan fingerprint density at radius 2 is 2.40 bits per heavy atom. The summed E-state index contributed by atoms with van der Waals surface area (Å²) in [6.45, 7) is 1.92. The van der Waals surface area contributed by atoms with Gasteiger partial charge in [-0.1, -0.05) is 15.9 Å². The molecule has 0 aliphatic rings. The molecule has 0 saturated heterocycles. The fourth-order valence-corrected chi connectivity index (χ4v) is 1.04. The molecule has 2 nitrogen and oxygen atoms in total. The second-order valence-corrected chi connectivity index (χ2v) is 2.67. The van der Waals surface area contributed by atoms with Crippen LogP contribution in [-0.2, 0) is 0 Å². The third kappa shape index (κ3) is 1.48. The first kappa shape index (κ1) is 7.54. The number of Topliss-reactive ketones (excluding diaryl/α,β-unsaturated/α-hetero) is 1. The molecule has 54 valence electrons. The predicted octanol–water partition coefficient (Wildman–Crippen LogP) is 1.90. The van der Waals surface area contributed by atoms with E-state index < -0.39 is 0 Å². The highest BCUT2D eigenvalue weighted by Crippen LogP contribution is 2.02. The Bertz CT molecular complexity index is 242. The second-order valence-electron chi connectivity index (χ2n) is 2.11. The summed E-state index contributed by atoms with van der Waals surface area (Å²) in [5.41, 5.74) is 1.69. The van der Waals surface area contributed by atoms with E-state index in [1.54, 1.807) is 6.07 Å². The first-order chi connectivity index (χ1) is 4.74. The quantitative estimate of drug-likeness (QED) is 0.576. The summed E-state index contributed by atoms with van der Waals surface area (Å²) in [6.07, 6.45) is 0. The largest absolute Gasteiger partial charge is 0.356 e. The summed E-state index contributed by atoms with van der Waals surface area (Å²) in [5, 5.41) is 0.382. The maximum atomic E-state index is 10.9. The lowest BCUT2D eigenvalue weighted by molar-refractivity contribution is 0.101. The van der Waals surface area contributed by atoms with E-state index in [-0.39, 0.29) is 5.78 Å². The van der Waals surface area contributed by atoms with E-state index >= 15 is 0 Å². The van der Waals surface area contributed by atoms with Gasteiger partial charge in [0.05, 0.1) is 11.0 Å². The van der Waals surface area contributed by atoms with Crippen LogP contribution in [0, 0.1) is 6.92 Å². The van der Waals surface area contributed by atoms with Gasteiger partial charge in [0.15, 0.2) is 5.78 Å². The van der Waals surface area contributed by atoms with Gasteiger partial charge in [-0.15, -0.1) is 0 Å². The van der Waals surface area contributed by atoms with E-state index in [4.69, 9.17) is 0 Å². The van der Waals surface area contributed by atoms with Gasteiger partial charge >= 0.3 is 0 Å². The van der Waals surface area contributed by atoms with E-state index in [1.807, 2.05) is 13.0 Å². The van der Waals surface area contributed by atoms with Gasteiger partial charge in [0.2, 0.25) is 0 Å². The van der Waals surface area contributed by atoms with E-state index in [1.165, 1.54) is 0 Å². The molecule has 0 radical (unpaired) electrons. The van der Waals surface area contributed by atoms with Crippen LogP contribution in [0.4, 0.5) is 0 Å². The normalized spacial score (nSPS) is 9.80. The number of hydrogen-bond donors (Lipinski definition) is 1. The third-order valence-corrected chi connectivity index (χ3v) is 1.76. The molecule has 3 heteroatoms. The number of alkyl halides is 1. The highest BCUT2D eigenvalue weighted by molar-refractivity contribution is 9.09. The molecule has 0 fully saturated rings. The molecule has 0 saturated carbocycles. The van der Waals surface area contributed by atoms with Crippen molar-refractivity contribution in [2.45, 2.75) is 6.92 Å². The average molecular weight is 202 g/mol. The number of carbonyl (C=O) groups is 1. The number of carbonyl (C=O) groups excluding carboxylic acids is 1. The first-order valence-corrected chi connectivity index (χ1v) is 4.11. The number of aromatic nitrogens is 1. The van der Waals surface area contributed by atoms with Gasteiger partial charge < -0.3 is 4.98 Å². The smallest absolute Gasteiger partial charge is 0.189 e. The van der Waals surface area contributed by atoms with Crippen molar-refractivity contribution in [1.82, 2.24) is 4.98 Å². The number of aryl methyl sites for hydroxylation is 1. The molecule has 1 N–H and O–H groups in total. The maximum absolute atomic E-state index is 10.9. The average Bonchev–Trinajstić information content (AvgIpc) is 2.34. The Kier molecular flexibility index (Phi) is 2.27. The van der Waals surface area contributed by atoms with E-state index in [9.17, 15) is 4.79 Å². The van der Waals surface area contributed by atoms with Crippen molar-refractivity contribution < 1.29 is 4.79 Å². The molecule has 0 aliphatic heterocycles. The van der Waals surface area contributed by atoms with E-state index in [2.05, 4.69) is 20.9 Å². The highest BCUT2D eigenvalue weighted by Gasteiger charge is 2.03. The van der Waals surface area contributed by atoms with Crippen LogP contribution in [0.1, 0.15) is 16.2 Å². The standard InChI is InChI=1S/C7H8BrNO/c1-5-2-3-6(9-5)7(10)4-8/h2-3,9H,4H2,1H3. The number of rotatable bonds is 2. The minimum atomic E-state index is 0.0908. The Labute approximate surface area is 67.8 Å². The first-order valence-electron chi connectivity index (χ1n) is 2.99. The lowest BCUT2D eigenvalue weighted by atomic mass is 10.3. The van der Waals surface area contributed by atoms with Crippen LogP contribution in [-0.4, -0.2) is 16.1 Å². The Hall–Kier alpha value is -0.570. The molecule has 10 heavy (non-hydrogen) atoms. The lowest BCUT2D eigenvalue weighted by Gasteiger charge is -1.88. The van der Waals surface area contributed by atoms with Crippen molar-refractivity contribution in [3.05, 3.63) is 23.5 Å². The lowest BCUT2D eigenvalue weighted by Crippen LogP contribution is -1.99. The fourth-order valence-electron chi connectivity index (χ4n) is 0.739. The minimum Gasteiger partial charge on any atom is -0.356 e. The summed E-state index contributed by atoms with van der Waals surface area (Å²) in [7, 11) is 0. The van der Waals surface area contributed by atoms with Crippen molar-refractivity contribution >= 4 is 21.7 Å². The summed E-state index contributed by atoms with van der Waals surface area (Å²) < 4.78 is 0. The van der Waals surface area contributed by atoms with Gasteiger partial charge in [0.1, 0.15) is 0 Å². The van der Waals surface area contributed by atoms with Crippen LogP contribution in [0.5, 0.6) is 0 Å². The van der Waals surface area contributed by atoms with Gasteiger partial charge in [-0.3, -0.25) is 4.79 Å². The molecule has 0 bridgehead atoms. The van der Waals surface area contributed by atoms with Crippen LogP contribution < -0.4 is 0 Å². The van der Waals surface area contributed by atoms with Gasteiger partial charge in [0, 0.05) is 5.69 Å². The molecule has 0 aliphatic carbocycles. The summed E-state index contributed by atoms with van der Waals surface area (Å²) in [5.74, 6) is 0.0908. The van der Waals surface area contributed by atoms with Crippen molar-refractivity contribution in [3.8, 4) is 0 Å². The van der Waals surface area contributed by atoms with Gasteiger partial charge in [0.25, 0.3) is 0 Å². The number of H-pyrrole nitrogens is 1. The minimum absolute atomic E-state index is 0.0908. The SMILES string of the molecule is Cc1ccc(C(=O)CBr)[nH]1. The van der Waals surface area contributed by atoms with Crippen LogP contribution in [0.2, 0.25) is 0 Å². The van der Waals surface area contributed by atoms with Crippen LogP contribution in [0.3, 0.4) is 0 Å². The van der Waals surface area contributed by atoms with Crippen LogP contribution >= 0.6 is 15.9 Å². The molecule has 0 aromatic carbocycles. The topological polar surface area (TPSA) is 32.9 Å². The fraction of sp³-hybridized carbons (Fsp3) is 0.286. The Morgan fingerprint density at radius 1 is 1.70 bits per heavy atom. The Balaban J connectivity index is 2.85. The number of aromatic amines is 1. The highest BCUT2D eigenvalue weighted by atomic mass is 79.9. The summed E-state index contributed by atoms with van der Waals surface area (Å²) in [6, 6.07) is 3.68. The van der Waals surface area contributed by atoms with Crippen LogP contribution in [0.15, 0.2) is 12.1 Å². The molecule has 1 rings (SSSR count). The number of hydrogen-bond acceptors (Lipinski definition) is 1. The van der Waals surface area contributed by atoms with Gasteiger partial charge in [-0.05, 0) is 19.1 Å². The number of ketones is 1.